The van der Waals surface area contributed by atoms with Crippen LogP contribution in [-0.4, -0.2) is 14.8 Å². The van der Waals surface area contributed by atoms with Crippen molar-refractivity contribution < 1.29 is 0 Å². The van der Waals surface area contributed by atoms with Crippen LogP contribution >= 0.6 is 11.6 Å². The van der Waals surface area contributed by atoms with Crippen LogP contribution in [0.3, 0.4) is 0 Å². The van der Waals surface area contributed by atoms with E-state index in [-0.39, 0.29) is 5.54 Å². The van der Waals surface area contributed by atoms with E-state index in [9.17, 15) is 0 Å². The van der Waals surface area contributed by atoms with Gasteiger partial charge in [-0.15, -0.1) is 10.2 Å². The first-order valence-corrected chi connectivity index (χ1v) is 4.72. The maximum absolute atomic E-state index is 5.90. The fourth-order valence-corrected chi connectivity index (χ4v) is 2.16. The normalized spacial score (nSPS) is 20.5. The summed E-state index contributed by atoms with van der Waals surface area (Å²) in [6.45, 7) is 2.19. The second-order valence-electron chi connectivity index (χ2n) is 3.40. The van der Waals surface area contributed by atoms with Crippen molar-refractivity contribution in [1.82, 2.24) is 14.8 Å². The average molecular weight is 186 g/mol. The van der Waals surface area contributed by atoms with E-state index in [1.165, 1.54) is 19.3 Å². The van der Waals surface area contributed by atoms with Crippen molar-refractivity contribution in [2.45, 2.75) is 38.1 Å². The third kappa shape index (κ3) is 0.959. The zero-order valence-electron chi connectivity index (χ0n) is 7.13. The van der Waals surface area contributed by atoms with Crippen LogP contribution in [-0.2, 0) is 5.54 Å². The van der Waals surface area contributed by atoms with Gasteiger partial charge < -0.3 is 0 Å². The number of hydrogen-bond acceptors (Lipinski definition) is 2. The molecular formula is C8H12ClN3. The summed E-state index contributed by atoms with van der Waals surface area (Å²) in [4.78, 5) is 0. The van der Waals surface area contributed by atoms with E-state index in [1.807, 2.05) is 4.57 Å². The lowest BCUT2D eigenvalue weighted by Crippen LogP contribution is -2.39. The zero-order valence-corrected chi connectivity index (χ0v) is 7.88. The van der Waals surface area contributed by atoms with Crippen molar-refractivity contribution in [2.75, 3.05) is 0 Å². The minimum atomic E-state index is 0.237. The van der Waals surface area contributed by atoms with Crippen molar-refractivity contribution in [3.63, 3.8) is 0 Å². The van der Waals surface area contributed by atoms with Crippen LogP contribution in [0.25, 0.3) is 0 Å². The maximum atomic E-state index is 5.90. The van der Waals surface area contributed by atoms with Gasteiger partial charge >= 0.3 is 0 Å². The quantitative estimate of drug-likeness (QED) is 0.708. The standard InChI is InChI=1S/C8H12ClN3/c1-2-8(4-3-5-8)12-6-10-11-7(12)9/h6H,2-5H2,1H3. The van der Waals surface area contributed by atoms with Gasteiger partial charge in [-0.2, -0.15) is 0 Å². The molecule has 1 aromatic rings. The first-order valence-electron chi connectivity index (χ1n) is 4.34. The molecule has 2 rings (SSSR count). The fourth-order valence-electron chi connectivity index (χ4n) is 1.89. The third-order valence-electron chi connectivity index (χ3n) is 2.96. The third-order valence-corrected chi connectivity index (χ3v) is 3.22. The van der Waals surface area contributed by atoms with Crippen LogP contribution < -0.4 is 0 Å². The molecule has 0 unspecified atom stereocenters. The molecule has 1 fully saturated rings. The van der Waals surface area contributed by atoms with Gasteiger partial charge in [-0.1, -0.05) is 6.92 Å². The molecule has 0 radical (unpaired) electrons. The molecule has 3 nitrogen and oxygen atoms in total. The van der Waals surface area contributed by atoms with Gasteiger partial charge in [0.1, 0.15) is 6.33 Å². The van der Waals surface area contributed by atoms with Gasteiger partial charge in [0.2, 0.25) is 5.28 Å². The van der Waals surface area contributed by atoms with Crippen molar-refractivity contribution in [1.29, 1.82) is 0 Å². The minimum Gasteiger partial charge on any atom is -0.298 e. The molecule has 0 spiro atoms. The van der Waals surface area contributed by atoms with Gasteiger partial charge in [0.25, 0.3) is 0 Å². The predicted octanol–water partition coefficient (Wildman–Crippen LogP) is 2.22. The van der Waals surface area contributed by atoms with E-state index in [4.69, 9.17) is 11.6 Å². The van der Waals surface area contributed by atoms with Gasteiger partial charge in [0.15, 0.2) is 0 Å². The first kappa shape index (κ1) is 8.05. The summed E-state index contributed by atoms with van der Waals surface area (Å²) in [6, 6.07) is 0. The van der Waals surface area contributed by atoms with E-state index in [2.05, 4.69) is 17.1 Å². The summed E-state index contributed by atoms with van der Waals surface area (Å²) in [5.41, 5.74) is 0.237. The Morgan fingerprint density at radius 3 is 2.75 bits per heavy atom. The number of hydrogen-bond donors (Lipinski definition) is 0. The Kier molecular flexibility index (Phi) is 1.83. The largest absolute Gasteiger partial charge is 0.298 e. The number of rotatable bonds is 2. The van der Waals surface area contributed by atoms with Gasteiger partial charge in [0, 0.05) is 5.54 Å². The van der Waals surface area contributed by atoms with E-state index in [1.54, 1.807) is 6.33 Å². The molecule has 12 heavy (non-hydrogen) atoms. The predicted molar refractivity (Wildman–Crippen MR) is 47.1 cm³/mol. The molecule has 1 heterocycles. The molecule has 0 N–H and O–H groups in total. The van der Waals surface area contributed by atoms with Gasteiger partial charge in [-0.25, -0.2) is 0 Å². The van der Waals surface area contributed by atoms with Crippen LogP contribution in [0, 0.1) is 0 Å². The van der Waals surface area contributed by atoms with E-state index >= 15 is 0 Å². The molecule has 0 aliphatic heterocycles. The first-order chi connectivity index (χ1) is 5.78. The Morgan fingerprint density at radius 1 is 1.67 bits per heavy atom. The van der Waals surface area contributed by atoms with Crippen LogP contribution in [0.5, 0.6) is 0 Å². The number of nitrogens with zero attached hydrogens (tertiary/aromatic N) is 3. The Labute approximate surface area is 76.7 Å². The van der Waals surface area contributed by atoms with Crippen molar-refractivity contribution >= 4 is 11.6 Å². The summed E-state index contributed by atoms with van der Waals surface area (Å²) in [7, 11) is 0. The molecule has 4 heteroatoms. The summed E-state index contributed by atoms with van der Waals surface area (Å²) in [5, 5.41) is 8.11. The van der Waals surface area contributed by atoms with Crippen LogP contribution in [0.15, 0.2) is 6.33 Å². The molecule has 1 aromatic heterocycles. The number of halogens is 1. The molecule has 0 atom stereocenters. The second-order valence-corrected chi connectivity index (χ2v) is 3.74. The lowest BCUT2D eigenvalue weighted by atomic mass is 9.75. The Morgan fingerprint density at radius 2 is 2.42 bits per heavy atom. The molecule has 0 aromatic carbocycles. The highest BCUT2D eigenvalue weighted by Gasteiger charge is 2.38. The molecule has 1 aliphatic rings. The van der Waals surface area contributed by atoms with E-state index in [0.29, 0.717) is 5.28 Å². The van der Waals surface area contributed by atoms with Gasteiger partial charge in [-0.3, -0.25) is 4.57 Å². The Balaban J connectivity index is 2.33. The highest BCUT2D eigenvalue weighted by Crippen LogP contribution is 2.42. The number of aromatic nitrogens is 3. The monoisotopic (exact) mass is 185 g/mol. The topological polar surface area (TPSA) is 30.7 Å². The van der Waals surface area contributed by atoms with Crippen molar-refractivity contribution in [3.05, 3.63) is 11.6 Å². The molecule has 0 bridgehead atoms. The lowest BCUT2D eigenvalue weighted by Gasteiger charge is -2.42. The highest BCUT2D eigenvalue weighted by molar-refractivity contribution is 6.28. The van der Waals surface area contributed by atoms with E-state index < -0.39 is 0 Å². The van der Waals surface area contributed by atoms with Crippen LogP contribution in [0.4, 0.5) is 0 Å². The van der Waals surface area contributed by atoms with Crippen molar-refractivity contribution in [3.8, 4) is 0 Å². The maximum Gasteiger partial charge on any atom is 0.225 e. The molecule has 66 valence electrons. The second kappa shape index (κ2) is 2.73. The van der Waals surface area contributed by atoms with Crippen molar-refractivity contribution in [2.24, 2.45) is 0 Å². The molecule has 1 saturated carbocycles. The molecule has 0 saturated heterocycles. The van der Waals surface area contributed by atoms with Crippen LogP contribution in [0.2, 0.25) is 5.28 Å². The summed E-state index contributed by atoms with van der Waals surface area (Å²) in [5.74, 6) is 0. The summed E-state index contributed by atoms with van der Waals surface area (Å²) >= 11 is 5.90. The Bertz CT molecular complexity index is 272. The average Bonchev–Trinajstić information content (AvgIpc) is 2.36. The summed E-state index contributed by atoms with van der Waals surface area (Å²) in [6.07, 6.45) is 6.57. The molecular weight excluding hydrogens is 174 g/mol. The Hall–Kier alpha value is -0.570. The van der Waals surface area contributed by atoms with E-state index in [0.717, 1.165) is 6.42 Å². The van der Waals surface area contributed by atoms with Gasteiger partial charge in [0.05, 0.1) is 0 Å². The SMILES string of the molecule is CCC1(n2cnnc2Cl)CCC1. The highest BCUT2D eigenvalue weighted by atomic mass is 35.5. The molecule has 1 aliphatic carbocycles. The van der Waals surface area contributed by atoms with Crippen LogP contribution in [0.1, 0.15) is 32.6 Å². The smallest absolute Gasteiger partial charge is 0.225 e. The molecule has 0 amide bonds. The lowest BCUT2D eigenvalue weighted by molar-refractivity contribution is 0.136. The minimum absolute atomic E-state index is 0.237. The van der Waals surface area contributed by atoms with Gasteiger partial charge in [-0.05, 0) is 37.3 Å². The zero-order chi connectivity index (χ0) is 8.60. The fraction of sp³-hybridized carbons (Fsp3) is 0.750. The summed E-state index contributed by atoms with van der Waals surface area (Å²) < 4.78 is 2.01.